The van der Waals surface area contributed by atoms with E-state index in [1.54, 1.807) is 14.2 Å². The Balaban J connectivity index is 1.84. The zero-order valence-corrected chi connectivity index (χ0v) is 13.7. The van der Waals surface area contributed by atoms with E-state index in [9.17, 15) is 0 Å². The van der Waals surface area contributed by atoms with Crippen LogP contribution < -0.4 is 14.8 Å². The second kappa shape index (κ2) is 7.86. The molecule has 1 aromatic carbocycles. The van der Waals surface area contributed by atoms with Gasteiger partial charge >= 0.3 is 0 Å². The second-order valence-corrected chi connectivity index (χ2v) is 5.86. The predicted octanol–water partition coefficient (Wildman–Crippen LogP) is 2.98. The third-order valence-electron chi connectivity index (χ3n) is 3.58. The van der Waals surface area contributed by atoms with Gasteiger partial charge in [0, 0.05) is 19.8 Å². The van der Waals surface area contributed by atoms with Crippen molar-refractivity contribution in [3.63, 3.8) is 0 Å². The maximum atomic E-state index is 5.38. The lowest BCUT2D eigenvalue weighted by molar-refractivity contribution is 0.184. The first-order valence-corrected chi connectivity index (χ1v) is 7.72. The summed E-state index contributed by atoms with van der Waals surface area (Å²) in [6.07, 6.45) is 2.37. The zero-order valence-electron chi connectivity index (χ0n) is 12.1. The van der Waals surface area contributed by atoms with Crippen LogP contribution >= 0.6 is 15.9 Å². The molecule has 1 fully saturated rings. The quantitative estimate of drug-likeness (QED) is 0.772. The molecule has 1 aliphatic rings. The average Bonchev–Trinajstić information content (AvgIpc) is 2.96. The van der Waals surface area contributed by atoms with Crippen molar-refractivity contribution in [2.45, 2.75) is 19.4 Å². The minimum absolute atomic E-state index is 0.722. The third-order valence-corrected chi connectivity index (χ3v) is 4.16. The summed E-state index contributed by atoms with van der Waals surface area (Å²) in [7, 11) is 3.30. The Kier molecular flexibility index (Phi) is 6.13. The molecule has 1 heterocycles. The summed E-state index contributed by atoms with van der Waals surface area (Å²) in [5.41, 5.74) is 1.18. The van der Waals surface area contributed by atoms with E-state index < -0.39 is 0 Å². The first-order chi connectivity index (χ1) is 9.74. The molecule has 1 aliphatic heterocycles. The zero-order chi connectivity index (χ0) is 14.4. The standard InChI is InChI=1S/C15H22BrNO3/c1-18-14-8-12(7-13(16)15(14)19-2)9-17-5-3-11-4-6-20-10-11/h7-8,11,17H,3-6,9-10H2,1-2H3. The normalized spacial score (nSPS) is 18.2. The number of benzene rings is 1. The first kappa shape index (κ1) is 15.6. The summed E-state index contributed by atoms with van der Waals surface area (Å²) >= 11 is 3.51. The van der Waals surface area contributed by atoms with Crippen molar-refractivity contribution in [2.75, 3.05) is 34.0 Å². The van der Waals surface area contributed by atoms with Crippen LogP contribution in [-0.2, 0) is 11.3 Å². The molecule has 0 spiro atoms. The summed E-state index contributed by atoms with van der Waals surface area (Å²) in [5.74, 6) is 2.21. The number of nitrogens with one attached hydrogen (secondary N) is 1. The van der Waals surface area contributed by atoms with Crippen LogP contribution in [0.3, 0.4) is 0 Å². The molecule has 1 unspecified atom stereocenters. The molecule has 1 saturated heterocycles. The van der Waals surface area contributed by atoms with Crippen LogP contribution in [0.5, 0.6) is 11.5 Å². The molecule has 0 aromatic heterocycles. The van der Waals surface area contributed by atoms with Crippen molar-refractivity contribution < 1.29 is 14.2 Å². The number of hydrogen-bond acceptors (Lipinski definition) is 4. The highest BCUT2D eigenvalue weighted by Crippen LogP contribution is 2.36. The van der Waals surface area contributed by atoms with Crippen LogP contribution in [0.4, 0.5) is 0 Å². The molecule has 112 valence electrons. The molecule has 0 radical (unpaired) electrons. The van der Waals surface area contributed by atoms with Gasteiger partial charge in [-0.25, -0.2) is 0 Å². The number of ether oxygens (including phenoxy) is 3. The van der Waals surface area contributed by atoms with Gasteiger partial charge in [0.25, 0.3) is 0 Å². The minimum atomic E-state index is 0.722. The van der Waals surface area contributed by atoms with Gasteiger partial charge in [-0.1, -0.05) is 0 Å². The van der Waals surface area contributed by atoms with E-state index >= 15 is 0 Å². The summed E-state index contributed by atoms with van der Waals surface area (Å²) in [4.78, 5) is 0. The van der Waals surface area contributed by atoms with Crippen molar-refractivity contribution in [1.82, 2.24) is 5.32 Å². The van der Waals surface area contributed by atoms with Crippen molar-refractivity contribution in [3.8, 4) is 11.5 Å². The molecule has 1 atom stereocenters. The molecule has 2 rings (SSSR count). The Hall–Kier alpha value is -0.780. The fraction of sp³-hybridized carbons (Fsp3) is 0.600. The van der Waals surface area contributed by atoms with Crippen LogP contribution in [0, 0.1) is 5.92 Å². The topological polar surface area (TPSA) is 39.7 Å². The average molecular weight is 344 g/mol. The lowest BCUT2D eigenvalue weighted by Crippen LogP contribution is -2.18. The van der Waals surface area contributed by atoms with Crippen LogP contribution in [0.15, 0.2) is 16.6 Å². The van der Waals surface area contributed by atoms with Crippen LogP contribution in [0.25, 0.3) is 0 Å². The van der Waals surface area contributed by atoms with Crippen molar-refractivity contribution >= 4 is 15.9 Å². The molecule has 0 saturated carbocycles. The highest BCUT2D eigenvalue weighted by Gasteiger charge is 2.15. The van der Waals surface area contributed by atoms with Crippen LogP contribution in [-0.4, -0.2) is 34.0 Å². The summed E-state index contributed by atoms with van der Waals surface area (Å²) in [6.45, 7) is 3.68. The predicted molar refractivity (Wildman–Crippen MR) is 82.5 cm³/mol. The highest BCUT2D eigenvalue weighted by molar-refractivity contribution is 9.10. The number of halogens is 1. The molecule has 1 N–H and O–H groups in total. The van der Waals surface area contributed by atoms with Crippen LogP contribution in [0.2, 0.25) is 0 Å². The smallest absolute Gasteiger partial charge is 0.174 e. The molecule has 0 bridgehead atoms. The van der Waals surface area contributed by atoms with Gasteiger partial charge in [0.15, 0.2) is 11.5 Å². The van der Waals surface area contributed by atoms with Crippen molar-refractivity contribution in [2.24, 2.45) is 5.92 Å². The lowest BCUT2D eigenvalue weighted by atomic mass is 10.1. The van der Waals surface area contributed by atoms with E-state index in [0.29, 0.717) is 0 Å². The Labute approximate surface area is 128 Å². The number of methoxy groups -OCH3 is 2. The fourth-order valence-corrected chi connectivity index (χ4v) is 3.07. The monoisotopic (exact) mass is 343 g/mol. The van der Waals surface area contributed by atoms with E-state index in [2.05, 4.69) is 27.3 Å². The van der Waals surface area contributed by atoms with Gasteiger partial charge in [0.2, 0.25) is 0 Å². The number of rotatable bonds is 7. The fourth-order valence-electron chi connectivity index (χ4n) is 2.42. The molecular weight excluding hydrogens is 322 g/mol. The van der Waals surface area contributed by atoms with Gasteiger partial charge in [0.05, 0.1) is 18.7 Å². The van der Waals surface area contributed by atoms with Gasteiger partial charge in [-0.15, -0.1) is 0 Å². The van der Waals surface area contributed by atoms with Gasteiger partial charge in [-0.3, -0.25) is 0 Å². The van der Waals surface area contributed by atoms with E-state index in [0.717, 1.165) is 48.2 Å². The van der Waals surface area contributed by atoms with Gasteiger partial charge in [-0.2, -0.15) is 0 Å². The van der Waals surface area contributed by atoms with E-state index in [4.69, 9.17) is 14.2 Å². The lowest BCUT2D eigenvalue weighted by Gasteiger charge is -2.13. The summed E-state index contributed by atoms with van der Waals surface area (Å²) in [5, 5.41) is 3.47. The molecule has 1 aromatic rings. The Morgan fingerprint density at radius 2 is 2.20 bits per heavy atom. The third kappa shape index (κ3) is 4.11. The first-order valence-electron chi connectivity index (χ1n) is 6.93. The summed E-state index contributed by atoms with van der Waals surface area (Å²) < 4.78 is 17.0. The van der Waals surface area contributed by atoms with Crippen molar-refractivity contribution in [3.05, 3.63) is 22.2 Å². The van der Waals surface area contributed by atoms with E-state index in [1.807, 2.05) is 6.07 Å². The van der Waals surface area contributed by atoms with Gasteiger partial charge in [0.1, 0.15) is 0 Å². The number of hydrogen-bond donors (Lipinski definition) is 1. The molecule has 4 nitrogen and oxygen atoms in total. The molecule has 0 aliphatic carbocycles. The molecule has 0 amide bonds. The van der Waals surface area contributed by atoms with E-state index in [-0.39, 0.29) is 0 Å². The Bertz CT molecular complexity index is 433. The molecule has 20 heavy (non-hydrogen) atoms. The Morgan fingerprint density at radius 1 is 1.35 bits per heavy atom. The minimum Gasteiger partial charge on any atom is -0.493 e. The highest BCUT2D eigenvalue weighted by atomic mass is 79.9. The maximum absolute atomic E-state index is 5.38. The van der Waals surface area contributed by atoms with Gasteiger partial charge in [-0.05, 0) is 58.9 Å². The second-order valence-electron chi connectivity index (χ2n) is 5.01. The summed E-state index contributed by atoms with van der Waals surface area (Å²) in [6, 6.07) is 4.07. The van der Waals surface area contributed by atoms with E-state index in [1.165, 1.54) is 18.4 Å². The molecular formula is C15H22BrNO3. The Morgan fingerprint density at radius 3 is 2.85 bits per heavy atom. The van der Waals surface area contributed by atoms with Crippen molar-refractivity contribution in [1.29, 1.82) is 0 Å². The van der Waals surface area contributed by atoms with Gasteiger partial charge < -0.3 is 19.5 Å². The molecule has 5 heteroatoms. The largest absolute Gasteiger partial charge is 0.493 e. The van der Waals surface area contributed by atoms with Crippen LogP contribution in [0.1, 0.15) is 18.4 Å². The maximum Gasteiger partial charge on any atom is 0.174 e. The SMILES string of the molecule is COc1cc(CNCCC2CCOC2)cc(Br)c1OC.